The normalized spacial score (nSPS) is 19.5. The molecule has 2 aliphatic heterocycles. The van der Waals surface area contributed by atoms with Crippen LogP contribution in [-0.4, -0.2) is 123 Å². The first-order chi connectivity index (χ1) is 13.9. The Morgan fingerprint density at radius 2 is 1.62 bits per heavy atom. The van der Waals surface area contributed by atoms with Crippen molar-refractivity contribution >= 4 is 11.9 Å². The van der Waals surface area contributed by atoms with Gasteiger partial charge in [0, 0.05) is 71.5 Å². The highest BCUT2D eigenvalue weighted by atomic mass is 16.5. The summed E-state index contributed by atoms with van der Waals surface area (Å²) in [5.74, 6) is 1.20. The Bertz CT molecular complexity index is 503. The summed E-state index contributed by atoms with van der Waals surface area (Å²) in [5.41, 5.74) is 0. The summed E-state index contributed by atoms with van der Waals surface area (Å²) in [6, 6.07) is 1.14. The van der Waals surface area contributed by atoms with Gasteiger partial charge in [0.1, 0.15) is 0 Å². The van der Waals surface area contributed by atoms with Crippen molar-refractivity contribution in [1.29, 1.82) is 0 Å². The fourth-order valence-corrected chi connectivity index (χ4v) is 4.13. The molecule has 2 rings (SSSR count). The number of nitrogens with zero attached hydrogens (tertiary/aromatic N) is 5. The van der Waals surface area contributed by atoms with E-state index in [1.54, 1.807) is 0 Å². The zero-order valence-corrected chi connectivity index (χ0v) is 19.2. The summed E-state index contributed by atoms with van der Waals surface area (Å²) >= 11 is 0. The van der Waals surface area contributed by atoms with E-state index in [0.29, 0.717) is 31.8 Å². The van der Waals surface area contributed by atoms with E-state index >= 15 is 0 Å². The van der Waals surface area contributed by atoms with E-state index in [9.17, 15) is 4.79 Å². The van der Waals surface area contributed by atoms with Gasteiger partial charge in [-0.2, -0.15) is 0 Å². The van der Waals surface area contributed by atoms with Crippen LogP contribution in [0.4, 0.5) is 0 Å². The summed E-state index contributed by atoms with van der Waals surface area (Å²) < 4.78 is 5.33. The Hall–Kier alpha value is -1.38. The predicted octanol–water partition coefficient (Wildman–Crippen LogP) is 0.547. The van der Waals surface area contributed by atoms with Gasteiger partial charge in [-0.25, -0.2) is 0 Å². The average molecular weight is 411 g/mol. The van der Waals surface area contributed by atoms with Gasteiger partial charge in [-0.15, -0.1) is 0 Å². The third-order valence-corrected chi connectivity index (χ3v) is 5.81. The molecule has 0 aromatic rings. The monoisotopic (exact) mass is 410 g/mol. The Morgan fingerprint density at radius 1 is 1.00 bits per heavy atom. The molecule has 0 aromatic carbocycles. The molecule has 2 aliphatic rings. The highest BCUT2D eigenvalue weighted by molar-refractivity contribution is 5.80. The number of hydrogen-bond donors (Lipinski definition) is 1. The van der Waals surface area contributed by atoms with Crippen LogP contribution < -0.4 is 5.32 Å². The topological polar surface area (TPSA) is 63.7 Å². The van der Waals surface area contributed by atoms with E-state index in [2.05, 4.69) is 52.7 Å². The molecule has 0 radical (unpaired) electrons. The minimum Gasteiger partial charge on any atom is -0.378 e. The summed E-state index contributed by atoms with van der Waals surface area (Å²) in [5, 5.41) is 3.52. The Labute approximate surface area is 177 Å². The van der Waals surface area contributed by atoms with Crippen LogP contribution in [-0.2, 0) is 9.53 Å². The molecule has 0 aromatic heterocycles. The summed E-state index contributed by atoms with van der Waals surface area (Å²) in [6.45, 7) is 17.9. The fourth-order valence-electron chi connectivity index (χ4n) is 4.13. The van der Waals surface area contributed by atoms with Gasteiger partial charge in [0.2, 0.25) is 5.91 Å². The van der Waals surface area contributed by atoms with E-state index in [1.807, 2.05) is 11.9 Å². The van der Waals surface area contributed by atoms with Gasteiger partial charge < -0.3 is 19.9 Å². The zero-order valence-electron chi connectivity index (χ0n) is 19.2. The molecule has 2 fully saturated rings. The molecule has 8 nitrogen and oxygen atoms in total. The molecule has 0 spiro atoms. The molecular weight excluding hydrogens is 368 g/mol. The summed E-state index contributed by atoms with van der Waals surface area (Å²) in [7, 11) is 1.85. The van der Waals surface area contributed by atoms with Crippen LogP contribution in [0.1, 0.15) is 34.1 Å². The van der Waals surface area contributed by atoms with E-state index in [4.69, 9.17) is 4.74 Å². The number of carbonyl (C=O) groups is 1. The molecule has 168 valence electrons. The Kier molecular flexibility index (Phi) is 10.2. The second-order valence-corrected chi connectivity index (χ2v) is 8.51. The minimum absolute atomic E-state index is 0.226. The van der Waals surface area contributed by atoms with Gasteiger partial charge in [-0.05, 0) is 34.1 Å². The lowest BCUT2D eigenvalue weighted by molar-refractivity contribution is -0.136. The second kappa shape index (κ2) is 12.3. The quantitative estimate of drug-likeness (QED) is 0.358. The molecule has 0 aliphatic carbocycles. The fraction of sp³-hybridized carbons (Fsp3) is 0.905. The minimum atomic E-state index is 0.226. The lowest BCUT2D eigenvalue weighted by Gasteiger charge is -2.37. The van der Waals surface area contributed by atoms with Crippen LogP contribution >= 0.6 is 0 Å². The molecule has 8 heteroatoms. The first-order valence-corrected chi connectivity index (χ1v) is 11.2. The van der Waals surface area contributed by atoms with Gasteiger partial charge in [-0.3, -0.25) is 19.6 Å². The van der Waals surface area contributed by atoms with Crippen LogP contribution in [0.3, 0.4) is 0 Å². The number of piperazine rings is 1. The number of amides is 1. The highest BCUT2D eigenvalue weighted by Crippen LogP contribution is 2.07. The van der Waals surface area contributed by atoms with Crippen molar-refractivity contribution < 1.29 is 9.53 Å². The van der Waals surface area contributed by atoms with E-state index in [-0.39, 0.29) is 5.91 Å². The first kappa shape index (κ1) is 23.9. The SMILES string of the molecule is CN=C(NCCCN(C(C)C)C(C)C)N1CCN(CC(=O)N2CCOCC2)CC1. The number of guanidine groups is 1. The van der Waals surface area contributed by atoms with E-state index in [0.717, 1.165) is 64.7 Å². The second-order valence-electron chi connectivity index (χ2n) is 8.51. The molecular formula is C21H42N6O2. The average Bonchev–Trinajstić information content (AvgIpc) is 2.71. The summed E-state index contributed by atoms with van der Waals surface area (Å²) in [4.78, 5) is 25.9. The van der Waals surface area contributed by atoms with Crippen LogP contribution in [0.2, 0.25) is 0 Å². The number of ether oxygens (including phenoxy) is 1. The number of morpholine rings is 1. The molecule has 0 saturated carbocycles. The van der Waals surface area contributed by atoms with Crippen molar-refractivity contribution in [2.24, 2.45) is 4.99 Å². The van der Waals surface area contributed by atoms with E-state index in [1.165, 1.54) is 0 Å². The highest BCUT2D eigenvalue weighted by Gasteiger charge is 2.24. The Morgan fingerprint density at radius 3 is 2.17 bits per heavy atom. The number of aliphatic imine (C=N–C) groups is 1. The van der Waals surface area contributed by atoms with E-state index < -0.39 is 0 Å². The van der Waals surface area contributed by atoms with Gasteiger partial charge in [-0.1, -0.05) is 0 Å². The molecule has 0 unspecified atom stereocenters. The molecule has 29 heavy (non-hydrogen) atoms. The maximum atomic E-state index is 12.4. The molecule has 2 heterocycles. The molecule has 1 N–H and O–H groups in total. The third-order valence-electron chi connectivity index (χ3n) is 5.81. The lowest BCUT2D eigenvalue weighted by atomic mass is 10.2. The predicted molar refractivity (Wildman–Crippen MR) is 118 cm³/mol. The van der Waals surface area contributed by atoms with Gasteiger partial charge in [0.15, 0.2) is 5.96 Å². The van der Waals surface area contributed by atoms with Crippen molar-refractivity contribution in [2.45, 2.75) is 46.2 Å². The zero-order chi connectivity index (χ0) is 21.2. The van der Waals surface area contributed by atoms with Gasteiger partial charge in [0.25, 0.3) is 0 Å². The smallest absolute Gasteiger partial charge is 0.236 e. The van der Waals surface area contributed by atoms with Crippen molar-refractivity contribution in [3.63, 3.8) is 0 Å². The number of carbonyl (C=O) groups excluding carboxylic acids is 1. The largest absolute Gasteiger partial charge is 0.378 e. The number of nitrogens with one attached hydrogen (secondary N) is 1. The third kappa shape index (κ3) is 7.75. The van der Waals surface area contributed by atoms with Crippen molar-refractivity contribution in [1.82, 2.24) is 24.9 Å². The van der Waals surface area contributed by atoms with Gasteiger partial charge in [0.05, 0.1) is 19.8 Å². The first-order valence-electron chi connectivity index (χ1n) is 11.2. The molecule has 0 atom stereocenters. The Balaban J connectivity index is 1.68. The number of rotatable bonds is 8. The maximum absolute atomic E-state index is 12.4. The van der Waals surface area contributed by atoms with Gasteiger partial charge >= 0.3 is 0 Å². The molecule has 1 amide bonds. The van der Waals surface area contributed by atoms with Crippen LogP contribution in [0.15, 0.2) is 4.99 Å². The summed E-state index contributed by atoms with van der Waals surface area (Å²) in [6.07, 6.45) is 1.10. The maximum Gasteiger partial charge on any atom is 0.236 e. The molecule has 0 bridgehead atoms. The van der Waals surface area contributed by atoms with Crippen molar-refractivity contribution in [3.8, 4) is 0 Å². The molecule has 2 saturated heterocycles. The van der Waals surface area contributed by atoms with Crippen LogP contribution in [0, 0.1) is 0 Å². The van der Waals surface area contributed by atoms with Crippen LogP contribution in [0.5, 0.6) is 0 Å². The van der Waals surface area contributed by atoms with Crippen molar-refractivity contribution in [2.75, 3.05) is 79.2 Å². The number of hydrogen-bond acceptors (Lipinski definition) is 5. The van der Waals surface area contributed by atoms with Crippen LogP contribution in [0.25, 0.3) is 0 Å². The standard InChI is InChI=1S/C21H42N6O2/c1-18(2)27(19(3)4)8-6-7-23-21(22-5)26-11-9-24(10-12-26)17-20(28)25-13-15-29-16-14-25/h18-19H,6-17H2,1-5H3,(H,22,23). The lowest BCUT2D eigenvalue weighted by Crippen LogP contribution is -2.55. The van der Waals surface area contributed by atoms with Crippen molar-refractivity contribution in [3.05, 3.63) is 0 Å².